The Morgan fingerprint density at radius 2 is 2.22 bits per heavy atom. The molecule has 1 aromatic rings. The number of ether oxygens (including phenoxy) is 1. The number of hydrogen-bond acceptors (Lipinski definition) is 8. The van der Waals surface area contributed by atoms with E-state index in [1.165, 1.54) is 0 Å². The Morgan fingerprint density at radius 1 is 1.48 bits per heavy atom. The number of nitrogens with one attached hydrogen (secondary N) is 3. The number of carbonyl (C=O) groups excluding carboxylic acids is 2. The minimum atomic E-state index is -0.752. The van der Waals surface area contributed by atoms with Gasteiger partial charge in [-0.2, -0.15) is 5.10 Å². The van der Waals surface area contributed by atoms with Gasteiger partial charge in [0.15, 0.2) is 22.5 Å². The Bertz CT molecular complexity index is 621. The van der Waals surface area contributed by atoms with Gasteiger partial charge in [-0.3, -0.25) is 4.79 Å². The monoisotopic (exact) mass is 341 g/mol. The van der Waals surface area contributed by atoms with Crippen molar-refractivity contribution in [3.8, 4) is 0 Å². The second kappa shape index (κ2) is 9.20. The van der Waals surface area contributed by atoms with Crippen LogP contribution in [-0.4, -0.2) is 41.5 Å². The van der Waals surface area contributed by atoms with E-state index in [4.69, 9.17) is 17.3 Å². The summed E-state index contributed by atoms with van der Waals surface area (Å²) in [7, 11) is 0. The molecule has 0 unspecified atom stereocenters. The van der Waals surface area contributed by atoms with Gasteiger partial charge in [0.25, 0.3) is 5.91 Å². The van der Waals surface area contributed by atoms with Gasteiger partial charge in [0.05, 0.1) is 6.61 Å². The first-order valence-electron chi connectivity index (χ1n) is 6.42. The van der Waals surface area contributed by atoms with Crippen LogP contribution in [0.15, 0.2) is 17.8 Å². The number of aromatic nitrogens is 2. The second-order valence-corrected chi connectivity index (χ2v) is 4.19. The van der Waals surface area contributed by atoms with Crippen LogP contribution in [0.4, 0.5) is 16.4 Å². The molecule has 23 heavy (non-hydrogen) atoms. The van der Waals surface area contributed by atoms with E-state index in [-0.39, 0.29) is 29.1 Å². The van der Waals surface area contributed by atoms with E-state index in [0.29, 0.717) is 6.54 Å². The van der Waals surface area contributed by atoms with Gasteiger partial charge >= 0.3 is 6.09 Å². The summed E-state index contributed by atoms with van der Waals surface area (Å²) in [6.07, 6.45) is 1.79. The molecule has 5 N–H and O–H groups in total. The molecule has 0 radical (unpaired) electrons. The largest absolute Gasteiger partial charge is 0.449 e. The summed E-state index contributed by atoms with van der Waals surface area (Å²) >= 11 is 5.91. The van der Waals surface area contributed by atoms with Crippen LogP contribution in [0, 0.1) is 0 Å². The van der Waals surface area contributed by atoms with Crippen LogP contribution in [0.25, 0.3) is 0 Å². The molecule has 1 rings (SSSR count). The summed E-state index contributed by atoms with van der Waals surface area (Å²) in [5, 5.41) is 8.49. The molecule has 0 aromatic carbocycles. The number of hydrazone groups is 1. The molecule has 10 nitrogen and oxygen atoms in total. The molecule has 1 aromatic heterocycles. The third-order valence-electron chi connectivity index (χ3n) is 2.20. The third-order valence-corrected chi connectivity index (χ3v) is 2.46. The number of nitrogens with two attached hydrogens (primary N) is 1. The maximum atomic E-state index is 11.9. The summed E-state index contributed by atoms with van der Waals surface area (Å²) in [6, 6.07) is 0. The number of hydrogen-bond donors (Lipinski definition) is 4. The standard InChI is InChI=1S/C12H16ClN7O3/c1-3-5-15-10-8(13)18-7(9(14)19-10)11(21)16-6-17-20-12(22)23-4-2/h3,6H,1,4-5H2,2H3,(H,20,22)(H3,14,15,19)(H,16,17,21). The van der Waals surface area contributed by atoms with E-state index in [1.54, 1.807) is 13.0 Å². The SMILES string of the molecule is C=CCNc1nc(N)c(C(=O)NC=NNC(=O)OCC)nc1Cl. The van der Waals surface area contributed by atoms with Gasteiger partial charge in [-0.05, 0) is 6.92 Å². The highest BCUT2D eigenvalue weighted by Crippen LogP contribution is 2.20. The lowest BCUT2D eigenvalue weighted by Gasteiger charge is -2.08. The predicted octanol–water partition coefficient (Wildman–Crippen LogP) is 0.729. The first-order chi connectivity index (χ1) is 11.0. The lowest BCUT2D eigenvalue weighted by Crippen LogP contribution is -2.27. The lowest BCUT2D eigenvalue weighted by atomic mass is 10.4. The maximum Gasteiger partial charge on any atom is 0.427 e. The van der Waals surface area contributed by atoms with Crippen LogP contribution in [-0.2, 0) is 4.74 Å². The fourth-order valence-electron chi connectivity index (χ4n) is 1.28. The zero-order chi connectivity index (χ0) is 17.2. The molecule has 0 bridgehead atoms. The van der Waals surface area contributed by atoms with Crippen LogP contribution in [0.1, 0.15) is 17.4 Å². The van der Waals surface area contributed by atoms with E-state index in [2.05, 4.69) is 37.0 Å². The summed E-state index contributed by atoms with van der Waals surface area (Å²) in [4.78, 5) is 30.6. The molecule has 0 saturated carbocycles. The molecule has 0 fully saturated rings. The van der Waals surface area contributed by atoms with Crippen LogP contribution >= 0.6 is 11.6 Å². The molecule has 124 valence electrons. The number of anilines is 2. The summed E-state index contributed by atoms with van der Waals surface area (Å²) in [5.74, 6) is -0.579. The Labute approximate surface area is 137 Å². The first kappa shape index (κ1) is 18.2. The van der Waals surface area contributed by atoms with Crippen LogP contribution in [0.2, 0.25) is 5.15 Å². The molecule has 0 saturated heterocycles. The molecular weight excluding hydrogens is 326 g/mol. The minimum Gasteiger partial charge on any atom is -0.449 e. The van der Waals surface area contributed by atoms with Crippen LogP contribution in [0.3, 0.4) is 0 Å². The Morgan fingerprint density at radius 3 is 2.87 bits per heavy atom. The average Bonchev–Trinajstić information content (AvgIpc) is 2.52. The highest BCUT2D eigenvalue weighted by molar-refractivity contribution is 6.32. The topological polar surface area (TPSA) is 144 Å². The van der Waals surface area contributed by atoms with Gasteiger partial charge in [-0.25, -0.2) is 20.2 Å². The molecule has 2 amide bonds. The van der Waals surface area contributed by atoms with Gasteiger partial charge in [-0.1, -0.05) is 17.7 Å². The van der Waals surface area contributed by atoms with Gasteiger partial charge in [0, 0.05) is 6.54 Å². The fourth-order valence-corrected chi connectivity index (χ4v) is 1.48. The smallest absolute Gasteiger partial charge is 0.427 e. The van der Waals surface area contributed by atoms with E-state index in [1.807, 2.05) is 5.43 Å². The van der Waals surface area contributed by atoms with Gasteiger partial charge in [0.2, 0.25) is 0 Å². The van der Waals surface area contributed by atoms with E-state index in [0.717, 1.165) is 6.34 Å². The Kier molecular flexibility index (Phi) is 7.27. The van der Waals surface area contributed by atoms with Crippen molar-refractivity contribution in [2.24, 2.45) is 5.10 Å². The number of carbonyl (C=O) groups is 2. The van der Waals surface area contributed by atoms with Crippen molar-refractivity contribution in [2.75, 3.05) is 24.2 Å². The Balaban J connectivity index is 2.69. The van der Waals surface area contributed by atoms with Crippen molar-refractivity contribution in [3.63, 3.8) is 0 Å². The molecule has 0 aliphatic carbocycles. The van der Waals surface area contributed by atoms with E-state index in [9.17, 15) is 9.59 Å². The van der Waals surface area contributed by atoms with Crippen molar-refractivity contribution in [2.45, 2.75) is 6.92 Å². The quantitative estimate of drug-likeness (QED) is 0.247. The van der Waals surface area contributed by atoms with Crippen LogP contribution in [0.5, 0.6) is 0 Å². The predicted molar refractivity (Wildman–Crippen MR) is 86.3 cm³/mol. The molecule has 11 heteroatoms. The molecule has 0 aliphatic rings. The third kappa shape index (κ3) is 5.79. The summed E-state index contributed by atoms with van der Waals surface area (Å²) < 4.78 is 4.56. The average molecular weight is 342 g/mol. The lowest BCUT2D eigenvalue weighted by molar-refractivity contribution is 0.0973. The van der Waals surface area contributed by atoms with Crippen molar-refractivity contribution < 1.29 is 14.3 Å². The molecular formula is C12H16ClN7O3. The normalized spacial score (nSPS) is 10.2. The van der Waals surface area contributed by atoms with Crippen molar-refractivity contribution in [3.05, 3.63) is 23.5 Å². The number of nitrogens with zero attached hydrogens (tertiary/aromatic N) is 3. The van der Waals surface area contributed by atoms with Gasteiger partial charge in [-0.15, -0.1) is 6.58 Å². The number of rotatable bonds is 7. The van der Waals surface area contributed by atoms with Gasteiger partial charge in [0.1, 0.15) is 6.34 Å². The second-order valence-electron chi connectivity index (χ2n) is 3.83. The number of amides is 2. The molecule has 0 spiro atoms. The van der Waals surface area contributed by atoms with Crippen molar-refractivity contribution in [1.82, 2.24) is 20.7 Å². The summed E-state index contributed by atoms with van der Waals surface area (Å²) in [6.45, 7) is 5.79. The molecule has 0 atom stereocenters. The first-order valence-corrected chi connectivity index (χ1v) is 6.80. The van der Waals surface area contributed by atoms with E-state index < -0.39 is 12.0 Å². The molecule has 1 heterocycles. The zero-order valence-corrected chi connectivity index (χ0v) is 13.1. The van der Waals surface area contributed by atoms with E-state index >= 15 is 0 Å². The summed E-state index contributed by atoms with van der Waals surface area (Å²) in [5.41, 5.74) is 7.51. The number of halogens is 1. The Hall–Kier alpha value is -2.88. The number of nitrogen functional groups attached to an aromatic ring is 1. The van der Waals surface area contributed by atoms with Crippen molar-refractivity contribution >= 4 is 41.6 Å². The van der Waals surface area contributed by atoms with Crippen LogP contribution < -0.4 is 21.8 Å². The van der Waals surface area contributed by atoms with Crippen molar-refractivity contribution in [1.29, 1.82) is 0 Å². The minimum absolute atomic E-state index is 0.0206. The van der Waals surface area contributed by atoms with Gasteiger partial charge < -0.3 is 21.1 Å². The highest BCUT2D eigenvalue weighted by Gasteiger charge is 2.16. The zero-order valence-electron chi connectivity index (χ0n) is 12.3. The highest BCUT2D eigenvalue weighted by atomic mass is 35.5. The maximum absolute atomic E-state index is 11.9. The fraction of sp³-hybridized carbons (Fsp3) is 0.250. The molecule has 0 aliphatic heterocycles.